The molecule has 0 amide bonds. The first-order chi connectivity index (χ1) is 26.7. The van der Waals surface area contributed by atoms with Gasteiger partial charge in [0, 0.05) is 22.9 Å². The van der Waals surface area contributed by atoms with Crippen LogP contribution < -0.4 is 16.6 Å². The number of aromatic nitrogens is 5. The van der Waals surface area contributed by atoms with Gasteiger partial charge in [-0.05, 0) is 81.2 Å². The fourth-order valence-corrected chi connectivity index (χ4v) is 10.1. The monoisotopic (exact) mass is 757 g/mol. The van der Waals surface area contributed by atoms with Crippen molar-refractivity contribution in [1.29, 1.82) is 10.5 Å². The van der Waals surface area contributed by atoms with E-state index in [1.807, 2.05) is 31.2 Å². The lowest BCUT2D eigenvalue weighted by Crippen LogP contribution is -2.61. The molecule has 56 heavy (non-hydrogen) atoms. The van der Waals surface area contributed by atoms with Gasteiger partial charge in [-0.25, -0.2) is 14.5 Å². The number of aliphatic hydroxyl groups is 3. The van der Waals surface area contributed by atoms with Crippen LogP contribution >= 0.6 is 0 Å². The molecule has 8 atom stereocenters. The van der Waals surface area contributed by atoms with E-state index in [4.69, 9.17) is 5.73 Å². The number of nitrogen functional groups attached to an aromatic ring is 1. The Labute approximate surface area is 322 Å². The van der Waals surface area contributed by atoms with Crippen LogP contribution in [0.1, 0.15) is 75.9 Å². The Kier molecular flexibility index (Phi) is 9.74. The first-order valence-electron chi connectivity index (χ1n) is 18.6. The van der Waals surface area contributed by atoms with Crippen LogP contribution in [0.3, 0.4) is 0 Å². The predicted molar refractivity (Wildman–Crippen MR) is 204 cm³/mol. The van der Waals surface area contributed by atoms with E-state index in [0.717, 1.165) is 24.8 Å². The number of nitrogens with two attached hydrogens (primary N) is 1. The fraction of sp³-hybridized carbons (Fsp3) is 0.415. The van der Waals surface area contributed by atoms with Crippen LogP contribution in [0, 0.1) is 51.2 Å². The van der Waals surface area contributed by atoms with Gasteiger partial charge in [0.2, 0.25) is 0 Å². The molecule has 4 aliphatic rings. The molecule has 15 heteroatoms. The molecule has 3 aromatic heterocycles. The number of aliphatic hydroxyl groups excluding tert-OH is 2. The predicted octanol–water partition coefficient (Wildman–Crippen LogP) is 3.33. The largest absolute Gasteiger partial charge is 0.393 e. The number of ketones is 2. The van der Waals surface area contributed by atoms with E-state index >= 15 is 0 Å². The van der Waals surface area contributed by atoms with Gasteiger partial charge in [0.15, 0.2) is 17.4 Å². The summed E-state index contributed by atoms with van der Waals surface area (Å²) < 4.78 is 2.82. The van der Waals surface area contributed by atoms with E-state index in [2.05, 4.69) is 27.3 Å². The van der Waals surface area contributed by atoms with E-state index in [1.165, 1.54) is 15.4 Å². The zero-order valence-electron chi connectivity index (χ0n) is 31.3. The van der Waals surface area contributed by atoms with Gasteiger partial charge in [-0.15, -0.1) is 0 Å². The fourth-order valence-electron chi connectivity index (χ4n) is 10.1. The molecule has 0 aliphatic heterocycles. The molecule has 3 heterocycles. The molecule has 1 aromatic carbocycles. The summed E-state index contributed by atoms with van der Waals surface area (Å²) in [4.78, 5) is 45.4. The molecule has 3 fully saturated rings. The Balaban J connectivity index is 0.000000173. The minimum Gasteiger partial charge on any atom is -0.393 e. The maximum Gasteiger partial charge on any atom is 0.283 e. The van der Waals surface area contributed by atoms with Crippen molar-refractivity contribution in [3.05, 3.63) is 100 Å². The average molecular weight is 758 g/mol. The van der Waals surface area contributed by atoms with E-state index in [-0.39, 0.29) is 62.8 Å². The van der Waals surface area contributed by atoms with Gasteiger partial charge in [0.1, 0.15) is 53.4 Å². The van der Waals surface area contributed by atoms with Crippen molar-refractivity contribution in [3.63, 3.8) is 0 Å². The van der Waals surface area contributed by atoms with Crippen molar-refractivity contribution < 1.29 is 24.9 Å². The van der Waals surface area contributed by atoms with Crippen LogP contribution in [-0.2, 0) is 9.59 Å². The van der Waals surface area contributed by atoms with Crippen LogP contribution in [0.15, 0.2) is 77.5 Å². The zero-order valence-corrected chi connectivity index (χ0v) is 31.3. The number of rotatable bonds is 6. The third-order valence-corrected chi connectivity index (χ3v) is 12.8. The number of nitriles is 2. The number of anilines is 2. The summed E-state index contributed by atoms with van der Waals surface area (Å²) in [5.41, 5.74) is 4.95. The van der Waals surface area contributed by atoms with Gasteiger partial charge in [-0.2, -0.15) is 15.6 Å². The molecule has 15 nitrogen and oxygen atoms in total. The lowest BCUT2D eigenvalue weighted by Gasteiger charge is -2.59. The number of para-hydroxylation sites is 1. The van der Waals surface area contributed by atoms with Crippen LogP contribution in [0.5, 0.6) is 0 Å². The third kappa shape index (κ3) is 5.91. The number of carbonyl (C=O) groups excluding carboxylic acids is 2. The Bertz CT molecular complexity index is 2440. The second-order valence-corrected chi connectivity index (χ2v) is 15.6. The van der Waals surface area contributed by atoms with E-state index < -0.39 is 35.6 Å². The van der Waals surface area contributed by atoms with Gasteiger partial charge in [0.05, 0.1) is 23.4 Å². The highest BCUT2D eigenvalue weighted by atomic mass is 16.3. The summed E-state index contributed by atoms with van der Waals surface area (Å²) in [5, 5.41) is 58.1. The van der Waals surface area contributed by atoms with Crippen molar-refractivity contribution in [3.8, 4) is 17.8 Å². The highest BCUT2D eigenvalue weighted by Gasteiger charge is 2.68. The molecule has 288 valence electrons. The minimum atomic E-state index is -1.56. The summed E-state index contributed by atoms with van der Waals surface area (Å²) >= 11 is 0. The van der Waals surface area contributed by atoms with Crippen LogP contribution in [-0.4, -0.2) is 69.3 Å². The highest BCUT2D eigenvalue weighted by molar-refractivity contribution is 6.01. The number of fused-ring (bicyclic) bond motifs is 6. The molecule has 0 saturated heterocycles. The van der Waals surface area contributed by atoms with E-state index in [9.17, 15) is 40.2 Å². The Morgan fingerprint density at radius 2 is 1.88 bits per heavy atom. The maximum absolute atomic E-state index is 13.3. The molecular formula is C41H43N9O6. The lowest BCUT2D eigenvalue weighted by atomic mass is 9.46. The van der Waals surface area contributed by atoms with Gasteiger partial charge in [-0.3, -0.25) is 19.0 Å². The van der Waals surface area contributed by atoms with Crippen LogP contribution in [0.2, 0.25) is 0 Å². The number of nitrogens with one attached hydrogen (secondary N) is 1. The standard InChI is InChI=1S/C21H28O5.C20H15N9O/c1-19-7-5-13(23)9-12(19)3-4-14-15-6-8-21(26,17(25)11-22)20(15,2)10-16(24)18(14)19;1-12(26-18-15(10-22)17(23)24-11-25-18)19-27-28-8-7-13(9-21)16(28)20(30)29(19)14-5-3-2-4-6-14/h5,7,9,14-16,18,22,24,26H,3-4,6,8,10-11H2,1-2H3;2-8,11-12H,1H3,(H3,23,24,25,26)/t14-,15-,16-,18+,19-,20-,21-;12-/m00/s1. The quantitative estimate of drug-likeness (QED) is 0.190. The molecule has 0 bridgehead atoms. The Morgan fingerprint density at radius 1 is 1.12 bits per heavy atom. The normalized spacial score (nSPS) is 29.4. The number of hydrogen-bond donors (Lipinski definition) is 5. The van der Waals surface area contributed by atoms with Crippen molar-refractivity contribution in [1.82, 2.24) is 24.1 Å². The van der Waals surface area contributed by atoms with Crippen LogP contribution in [0.25, 0.3) is 11.2 Å². The van der Waals surface area contributed by atoms with Crippen molar-refractivity contribution in [2.45, 2.75) is 70.6 Å². The number of Topliss-reactive ketones (excluding diaryl/α,β-unsaturated/α-hetero) is 1. The summed E-state index contributed by atoms with van der Waals surface area (Å²) in [6, 6.07) is 14.0. The zero-order chi connectivity index (χ0) is 40.2. The Hall–Kier alpha value is -6.00. The molecule has 0 spiro atoms. The topological polar surface area (TPSA) is 246 Å². The summed E-state index contributed by atoms with van der Waals surface area (Å²) in [5.74, 6) is 0.419. The van der Waals surface area contributed by atoms with Crippen molar-refractivity contribution in [2.75, 3.05) is 17.7 Å². The molecule has 4 aromatic rings. The van der Waals surface area contributed by atoms with Crippen molar-refractivity contribution >= 4 is 28.7 Å². The molecule has 6 N–H and O–H groups in total. The van der Waals surface area contributed by atoms with Gasteiger partial charge in [0.25, 0.3) is 5.56 Å². The van der Waals surface area contributed by atoms with Gasteiger partial charge < -0.3 is 26.4 Å². The molecule has 4 aliphatic carbocycles. The smallest absolute Gasteiger partial charge is 0.283 e. The molecule has 8 rings (SSSR count). The number of hydrogen-bond acceptors (Lipinski definition) is 13. The van der Waals surface area contributed by atoms with Gasteiger partial charge >= 0.3 is 0 Å². The number of nitrogens with zero attached hydrogens (tertiary/aromatic N) is 7. The van der Waals surface area contributed by atoms with E-state index in [0.29, 0.717) is 24.4 Å². The lowest BCUT2D eigenvalue weighted by molar-refractivity contribution is -0.178. The molecule has 0 radical (unpaired) electrons. The first-order valence-corrected chi connectivity index (χ1v) is 18.6. The van der Waals surface area contributed by atoms with Gasteiger partial charge in [-0.1, -0.05) is 43.7 Å². The van der Waals surface area contributed by atoms with Crippen LogP contribution in [0.4, 0.5) is 11.6 Å². The molecular weight excluding hydrogens is 715 g/mol. The number of carbonyl (C=O) groups is 2. The summed E-state index contributed by atoms with van der Waals surface area (Å²) in [7, 11) is 0. The highest BCUT2D eigenvalue weighted by Crippen LogP contribution is 2.67. The molecule has 0 unspecified atom stereocenters. The maximum atomic E-state index is 13.3. The number of allylic oxidation sites excluding steroid dienone is 4. The van der Waals surface area contributed by atoms with Crippen molar-refractivity contribution in [2.24, 2.45) is 28.6 Å². The first kappa shape index (κ1) is 38.3. The minimum absolute atomic E-state index is 0.00912. The second kappa shape index (κ2) is 14.3. The van der Waals surface area contributed by atoms with E-state index in [1.54, 1.807) is 55.6 Å². The summed E-state index contributed by atoms with van der Waals surface area (Å²) in [6.45, 7) is 5.12. The SMILES string of the molecule is C[C@H](Nc1ncnc(N)c1C#N)c1nn2ccc(C#N)c2c(=O)n1-c1ccccc1.C[C@]12C=CC(=O)C=C1CC[C@@H]1[C@@H]2[C@@H](O)C[C@@]2(C)[C@H]1CC[C@]2(O)C(=O)CO. The second-order valence-electron chi connectivity index (χ2n) is 15.6. The number of benzene rings is 1. The summed E-state index contributed by atoms with van der Waals surface area (Å²) in [6.07, 6.45) is 10.5. The average Bonchev–Trinajstić information content (AvgIpc) is 3.73. The third-order valence-electron chi connectivity index (χ3n) is 12.8. The molecule has 3 saturated carbocycles. The Morgan fingerprint density at radius 3 is 2.57 bits per heavy atom.